The molecule has 6 aromatic carbocycles. The summed E-state index contributed by atoms with van der Waals surface area (Å²) in [5.74, 6) is 0. The molecule has 0 aliphatic carbocycles. The molecule has 0 N–H and O–H groups in total. The number of aryl methyl sites for hydroxylation is 1. The Bertz CT molecular complexity index is 2830. The summed E-state index contributed by atoms with van der Waals surface area (Å²) in [6, 6.07) is 63.7. The van der Waals surface area contributed by atoms with E-state index in [1.54, 1.807) is 0 Å². The van der Waals surface area contributed by atoms with Gasteiger partial charge in [-0.2, -0.15) is 0 Å². The van der Waals surface area contributed by atoms with Crippen molar-refractivity contribution in [2.75, 3.05) is 0 Å². The molecule has 0 bridgehead atoms. The van der Waals surface area contributed by atoms with Gasteiger partial charge in [0.05, 0.1) is 5.52 Å². The number of rotatable bonds is 6. The molecule has 0 saturated heterocycles. The number of aromatic nitrogens is 3. The molecule has 0 aliphatic rings. The Balaban J connectivity index is 0.000000321. The number of benzene rings is 6. The summed E-state index contributed by atoms with van der Waals surface area (Å²) in [4.78, 5) is 14.0. The first-order valence-electron chi connectivity index (χ1n) is 19.8. The van der Waals surface area contributed by atoms with Gasteiger partial charge >= 0.3 is 0 Å². The first-order chi connectivity index (χ1) is 28.2. The third-order valence-corrected chi connectivity index (χ3v) is 10.6. The molecule has 0 amide bonds. The van der Waals surface area contributed by atoms with Gasteiger partial charge < -0.3 is 9.97 Å². The van der Waals surface area contributed by atoms with E-state index < -0.39 is 0 Å². The van der Waals surface area contributed by atoms with Crippen LogP contribution in [0.1, 0.15) is 37.5 Å². The first-order valence-corrected chi connectivity index (χ1v) is 19.8. The Morgan fingerprint density at radius 2 is 1.08 bits per heavy atom. The third kappa shape index (κ3) is 9.06. The van der Waals surface area contributed by atoms with E-state index in [0.717, 1.165) is 50.1 Å². The van der Waals surface area contributed by atoms with E-state index in [1.165, 1.54) is 44.5 Å². The van der Waals surface area contributed by atoms with Crippen molar-refractivity contribution in [3.8, 4) is 67.0 Å². The van der Waals surface area contributed by atoms with E-state index in [4.69, 9.17) is 9.97 Å². The fraction of sp³-hybridized carbons (Fsp3) is 0.109. The minimum absolute atomic E-state index is 0. The summed E-state index contributed by atoms with van der Waals surface area (Å²) >= 11 is 0. The smallest absolute Gasteiger partial charge is 0.0786 e. The fourth-order valence-electron chi connectivity index (χ4n) is 7.54. The molecule has 0 atom stereocenters. The molecule has 291 valence electrons. The van der Waals surface area contributed by atoms with Gasteiger partial charge in [-0.1, -0.05) is 129 Å². The molecule has 1 radical (unpaired) electrons. The largest absolute Gasteiger partial charge is 0.305 e. The Kier molecular flexibility index (Phi) is 12.5. The van der Waals surface area contributed by atoms with Crippen LogP contribution in [0.2, 0.25) is 0 Å². The molecule has 0 spiro atoms. The monoisotopic (exact) mass is 940 g/mol. The van der Waals surface area contributed by atoms with Crippen LogP contribution in [0.15, 0.2) is 182 Å². The maximum Gasteiger partial charge on any atom is 0.0786 e. The second-order valence-electron chi connectivity index (χ2n) is 15.6. The number of fused-ring (bicyclic) bond motifs is 1. The zero-order valence-electron chi connectivity index (χ0n) is 34.0. The van der Waals surface area contributed by atoms with Gasteiger partial charge in [-0.15, -0.1) is 71.3 Å². The average molecular weight is 940 g/mol. The fourth-order valence-corrected chi connectivity index (χ4v) is 7.54. The van der Waals surface area contributed by atoms with Crippen LogP contribution in [-0.2, 0) is 25.5 Å². The maximum absolute atomic E-state index is 5.02. The van der Waals surface area contributed by atoms with Crippen LogP contribution in [0.3, 0.4) is 0 Å². The normalized spacial score (nSPS) is 11.0. The molecule has 0 aliphatic heterocycles. The van der Waals surface area contributed by atoms with Gasteiger partial charge in [0.15, 0.2) is 0 Å². The molecule has 3 nitrogen and oxygen atoms in total. The Labute approximate surface area is 362 Å². The van der Waals surface area contributed by atoms with E-state index in [0.29, 0.717) is 0 Å². The Morgan fingerprint density at radius 3 is 1.78 bits per heavy atom. The topological polar surface area (TPSA) is 38.7 Å². The van der Waals surface area contributed by atoms with Crippen LogP contribution in [0, 0.1) is 26.0 Å². The zero-order chi connectivity index (χ0) is 40.1. The second kappa shape index (κ2) is 18.1. The van der Waals surface area contributed by atoms with E-state index in [-0.39, 0.29) is 25.5 Å². The quantitative estimate of drug-likeness (QED) is 0.156. The minimum atomic E-state index is 0. The van der Waals surface area contributed by atoms with Crippen molar-refractivity contribution in [2.24, 2.45) is 0 Å². The third-order valence-electron chi connectivity index (χ3n) is 10.6. The van der Waals surface area contributed by atoms with Gasteiger partial charge in [0.25, 0.3) is 0 Å². The number of pyridine rings is 3. The average Bonchev–Trinajstić information content (AvgIpc) is 3.27. The van der Waals surface area contributed by atoms with Crippen LogP contribution in [-0.4, -0.2) is 15.0 Å². The summed E-state index contributed by atoms with van der Waals surface area (Å²) in [5, 5.41) is 1.12. The summed E-state index contributed by atoms with van der Waals surface area (Å²) in [5.41, 5.74) is 18.1. The van der Waals surface area contributed by atoms with Crippen LogP contribution in [0.5, 0.6) is 0 Å². The summed E-state index contributed by atoms with van der Waals surface area (Å²) in [6.45, 7) is 11.0. The molecule has 9 rings (SSSR count). The molecule has 3 aromatic heterocycles. The van der Waals surface area contributed by atoms with Crippen molar-refractivity contribution in [1.29, 1.82) is 0 Å². The maximum atomic E-state index is 5.02. The Morgan fingerprint density at radius 1 is 0.458 bits per heavy atom. The molecule has 4 heteroatoms. The van der Waals surface area contributed by atoms with E-state index in [1.807, 2.05) is 61.1 Å². The van der Waals surface area contributed by atoms with E-state index in [9.17, 15) is 0 Å². The Hall–Kier alpha value is -6.32. The molecular weight excluding hydrogens is 895 g/mol. The van der Waals surface area contributed by atoms with Crippen molar-refractivity contribution in [2.45, 2.75) is 40.0 Å². The number of nitrogens with zero attached hydrogens (tertiary/aromatic N) is 3. The molecule has 59 heavy (non-hydrogen) atoms. The van der Waals surface area contributed by atoms with Crippen LogP contribution in [0.4, 0.5) is 0 Å². The van der Waals surface area contributed by atoms with Gasteiger partial charge in [0.2, 0.25) is 0 Å². The van der Waals surface area contributed by atoms with Crippen LogP contribution < -0.4 is 0 Å². The molecule has 3 heterocycles. The van der Waals surface area contributed by atoms with Crippen molar-refractivity contribution >= 4 is 10.9 Å². The second-order valence-corrected chi connectivity index (χ2v) is 15.6. The summed E-state index contributed by atoms with van der Waals surface area (Å²) in [6.07, 6.45) is 5.63. The molecular formula is C55H45IrN3-2. The first kappa shape index (κ1) is 40.9. The van der Waals surface area contributed by atoms with Crippen molar-refractivity contribution in [3.05, 3.63) is 211 Å². The summed E-state index contributed by atoms with van der Waals surface area (Å²) < 4.78 is 0. The SMILES string of the molecule is Cc1c(-c2ccccc2)ccc(-c2ccccc2)c1-c1ccc(-c2cc[c-]c(-c3cc(C(C)(C)C)ccn3)c2)c2cccnc12.Cc1ccnc(-c2[c-]cccc2)c1.[Ir]. The van der Waals surface area contributed by atoms with Crippen molar-refractivity contribution in [3.63, 3.8) is 0 Å². The number of hydrogen-bond donors (Lipinski definition) is 0. The molecule has 0 fully saturated rings. The van der Waals surface area contributed by atoms with E-state index >= 15 is 0 Å². The standard InChI is InChI=1S/C43H35N2.C12H10N.Ir/c1-29-35(30-13-7-5-8-14-30)20-22-37(31-15-9-6-10-16-31)41(29)39-23-21-36(38-19-12-25-45-42(38)39)32-17-11-18-33(27-32)40-28-34(24-26-44-40)43(2,3)4;1-10-7-8-13-12(9-10)11-5-3-2-4-6-11;/h5-17,19-28H,1-4H3;2-5,7-9H,1H3;/q2*-1;. The van der Waals surface area contributed by atoms with Gasteiger partial charge in [-0.25, -0.2) is 0 Å². The predicted molar refractivity (Wildman–Crippen MR) is 242 cm³/mol. The number of hydrogen-bond acceptors (Lipinski definition) is 3. The molecule has 0 unspecified atom stereocenters. The van der Waals surface area contributed by atoms with Gasteiger partial charge in [0.1, 0.15) is 0 Å². The predicted octanol–water partition coefficient (Wildman–Crippen LogP) is 14.2. The summed E-state index contributed by atoms with van der Waals surface area (Å²) in [7, 11) is 0. The van der Waals surface area contributed by atoms with Crippen molar-refractivity contribution in [1.82, 2.24) is 15.0 Å². The molecule has 9 aromatic rings. The van der Waals surface area contributed by atoms with E-state index in [2.05, 4.69) is 173 Å². The van der Waals surface area contributed by atoms with Crippen LogP contribution in [0.25, 0.3) is 77.9 Å². The van der Waals surface area contributed by atoms with Crippen LogP contribution >= 0.6 is 0 Å². The molecule has 0 saturated carbocycles. The zero-order valence-corrected chi connectivity index (χ0v) is 36.4. The minimum Gasteiger partial charge on any atom is -0.305 e. The van der Waals surface area contributed by atoms with Gasteiger partial charge in [0, 0.05) is 49.6 Å². The van der Waals surface area contributed by atoms with Crippen molar-refractivity contribution < 1.29 is 20.1 Å². The van der Waals surface area contributed by atoms with Gasteiger partial charge in [-0.05, 0) is 93.4 Å². The van der Waals surface area contributed by atoms with Gasteiger partial charge in [-0.3, -0.25) is 4.98 Å².